The zero-order valence-electron chi connectivity index (χ0n) is 19.8. The third-order valence-corrected chi connectivity index (χ3v) is 4.99. The smallest absolute Gasteiger partial charge is 0.326 e. The Hall–Kier alpha value is -3.14. The van der Waals surface area contributed by atoms with E-state index >= 15 is 0 Å². The minimum atomic E-state index is -1.15. The molecule has 0 aliphatic heterocycles. The molecule has 4 unspecified atom stereocenters. The summed E-state index contributed by atoms with van der Waals surface area (Å²) in [4.78, 5) is 49.6. The Morgan fingerprint density at radius 3 is 1.85 bits per heavy atom. The first-order valence-corrected chi connectivity index (χ1v) is 11.0. The molecule has 3 amide bonds. The Morgan fingerprint density at radius 2 is 1.39 bits per heavy atom. The molecule has 0 heterocycles. The molecular weight excluding hydrogens is 428 g/mol. The average molecular weight is 465 g/mol. The first-order valence-electron chi connectivity index (χ1n) is 11.0. The number of nitrogens with one attached hydrogen (secondary N) is 3. The Kier molecular flexibility index (Phi) is 10.8. The van der Waals surface area contributed by atoms with E-state index in [1.165, 1.54) is 19.1 Å². The van der Waals surface area contributed by atoms with E-state index in [-0.39, 0.29) is 30.4 Å². The maximum absolute atomic E-state index is 13.1. The van der Waals surface area contributed by atoms with E-state index < -0.39 is 47.9 Å². The van der Waals surface area contributed by atoms with Crippen molar-refractivity contribution in [3.63, 3.8) is 0 Å². The number of carboxylic acids is 1. The number of carbonyl (C=O) groups is 4. The molecule has 1 aromatic rings. The van der Waals surface area contributed by atoms with Crippen molar-refractivity contribution in [1.82, 2.24) is 16.0 Å². The van der Waals surface area contributed by atoms with E-state index in [0.717, 1.165) is 0 Å². The van der Waals surface area contributed by atoms with Crippen molar-refractivity contribution in [2.45, 2.75) is 71.6 Å². The average Bonchev–Trinajstić information content (AvgIpc) is 2.71. The number of nitrogens with two attached hydrogens (primary N) is 1. The summed E-state index contributed by atoms with van der Waals surface area (Å²) in [5.41, 5.74) is 6.29. The molecule has 184 valence electrons. The van der Waals surface area contributed by atoms with Gasteiger partial charge in [-0.1, -0.05) is 39.8 Å². The van der Waals surface area contributed by atoms with Crippen LogP contribution < -0.4 is 21.7 Å². The van der Waals surface area contributed by atoms with Crippen molar-refractivity contribution in [1.29, 1.82) is 0 Å². The molecule has 10 nitrogen and oxygen atoms in total. The van der Waals surface area contributed by atoms with Gasteiger partial charge in [-0.2, -0.15) is 0 Å². The standard InChI is InChI=1S/C23H36N4O6/c1-12(2)10-18(23(32)33)26-22(31)19(13(3)4)27-21(30)17(25-20(29)14(5)24)11-15-6-8-16(28)9-7-15/h6-9,12-14,17-19,28H,10-11,24H2,1-5H3,(H,25,29)(H,26,31)(H,27,30)(H,32,33). The highest BCUT2D eigenvalue weighted by atomic mass is 16.4. The van der Waals surface area contributed by atoms with E-state index in [4.69, 9.17) is 5.73 Å². The highest BCUT2D eigenvalue weighted by Crippen LogP contribution is 2.13. The monoisotopic (exact) mass is 464 g/mol. The van der Waals surface area contributed by atoms with Crippen molar-refractivity contribution < 1.29 is 29.4 Å². The van der Waals surface area contributed by atoms with Crippen molar-refractivity contribution in [3.05, 3.63) is 29.8 Å². The fraction of sp³-hybridized carbons (Fsp3) is 0.565. The van der Waals surface area contributed by atoms with Gasteiger partial charge in [-0.15, -0.1) is 0 Å². The SMILES string of the molecule is CC(C)CC(NC(=O)C(NC(=O)C(Cc1ccc(O)cc1)NC(=O)C(C)N)C(C)C)C(=O)O. The predicted molar refractivity (Wildman–Crippen MR) is 123 cm³/mol. The molecule has 0 saturated heterocycles. The van der Waals surface area contributed by atoms with E-state index in [9.17, 15) is 29.4 Å². The van der Waals surface area contributed by atoms with E-state index in [1.54, 1.807) is 26.0 Å². The van der Waals surface area contributed by atoms with Gasteiger partial charge in [-0.3, -0.25) is 14.4 Å². The molecule has 7 N–H and O–H groups in total. The summed E-state index contributed by atoms with van der Waals surface area (Å²) in [5, 5.41) is 26.6. The Morgan fingerprint density at radius 1 is 0.848 bits per heavy atom. The summed E-state index contributed by atoms with van der Waals surface area (Å²) in [6.45, 7) is 8.62. The molecule has 1 rings (SSSR count). The Bertz CT molecular complexity index is 823. The van der Waals surface area contributed by atoms with Gasteiger partial charge in [0.2, 0.25) is 17.7 Å². The zero-order valence-corrected chi connectivity index (χ0v) is 19.8. The highest BCUT2D eigenvalue weighted by molar-refractivity contribution is 5.94. The van der Waals surface area contributed by atoms with Crippen LogP contribution in [0.4, 0.5) is 0 Å². The molecule has 0 aliphatic carbocycles. The molecule has 0 aromatic heterocycles. The molecule has 1 aromatic carbocycles. The van der Waals surface area contributed by atoms with Crippen LogP contribution in [0, 0.1) is 11.8 Å². The topological polar surface area (TPSA) is 171 Å². The molecule has 0 aliphatic rings. The van der Waals surface area contributed by atoms with Gasteiger partial charge in [0.15, 0.2) is 0 Å². The molecule has 33 heavy (non-hydrogen) atoms. The maximum atomic E-state index is 13.1. The third kappa shape index (κ3) is 9.48. The van der Waals surface area contributed by atoms with Gasteiger partial charge in [0.25, 0.3) is 0 Å². The zero-order chi connectivity index (χ0) is 25.3. The lowest BCUT2D eigenvalue weighted by Gasteiger charge is -2.27. The number of aromatic hydroxyl groups is 1. The normalized spacial score (nSPS) is 14.8. The van der Waals surface area contributed by atoms with Crippen LogP contribution in [0.5, 0.6) is 5.75 Å². The number of amides is 3. The number of benzene rings is 1. The summed E-state index contributed by atoms with van der Waals surface area (Å²) in [7, 11) is 0. The molecule has 0 saturated carbocycles. The number of carbonyl (C=O) groups excluding carboxylic acids is 3. The van der Waals surface area contributed by atoms with Crippen LogP contribution in [0.2, 0.25) is 0 Å². The third-order valence-electron chi connectivity index (χ3n) is 4.99. The molecule has 0 fully saturated rings. The summed E-state index contributed by atoms with van der Waals surface area (Å²) in [5.74, 6) is -3.16. The molecule has 4 atom stereocenters. The van der Waals surface area contributed by atoms with Crippen LogP contribution in [0.25, 0.3) is 0 Å². The molecule has 0 bridgehead atoms. The van der Waals surface area contributed by atoms with Crippen LogP contribution in [0.1, 0.15) is 46.6 Å². The minimum Gasteiger partial charge on any atom is -0.508 e. The largest absolute Gasteiger partial charge is 0.508 e. The van der Waals surface area contributed by atoms with Gasteiger partial charge in [0, 0.05) is 6.42 Å². The van der Waals surface area contributed by atoms with Gasteiger partial charge in [-0.25, -0.2) is 4.79 Å². The lowest BCUT2D eigenvalue weighted by Crippen LogP contribution is -2.58. The van der Waals surface area contributed by atoms with Crippen LogP contribution in [0.3, 0.4) is 0 Å². The van der Waals surface area contributed by atoms with Crippen LogP contribution >= 0.6 is 0 Å². The second-order valence-corrected chi connectivity index (χ2v) is 8.98. The maximum Gasteiger partial charge on any atom is 0.326 e. The Labute approximate surface area is 194 Å². The summed E-state index contributed by atoms with van der Waals surface area (Å²) >= 11 is 0. The molecule has 0 radical (unpaired) electrons. The van der Waals surface area contributed by atoms with E-state index in [2.05, 4.69) is 16.0 Å². The first kappa shape index (κ1) is 27.9. The van der Waals surface area contributed by atoms with Crippen LogP contribution in [-0.4, -0.2) is 58.1 Å². The van der Waals surface area contributed by atoms with Crippen LogP contribution in [-0.2, 0) is 25.6 Å². The first-order chi connectivity index (χ1) is 15.3. The minimum absolute atomic E-state index is 0.0432. The fourth-order valence-electron chi connectivity index (χ4n) is 3.12. The number of carboxylic acid groups (broad SMARTS) is 1. The van der Waals surface area contributed by atoms with E-state index in [0.29, 0.717) is 5.56 Å². The number of hydrogen-bond acceptors (Lipinski definition) is 6. The summed E-state index contributed by atoms with van der Waals surface area (Å²) in [6, 6.07) is 2.17. The molecular formula is C23H36N4O6. The molecule has 10 heteroatoms. The number of aliphatic carboxylic acids is 1. The van der Waals surface area contributed by atoms with Gasteiger partial charge in [0.1, 0.15) is 23.9 Å². The Balaban J connectivity index is 3.04. The van der Waals surface area contributed by atoms with Crippen molar-refractivity contribution in [3.8, 4) is 5.75 Å². The van der Waals surface area contributed by atoms with Gasteiger partial charge >= 0.3 is 5.97 Å². The second-order valence-electron chi connectivity index (χ2n) is 8.98. The number of hydrogen-bond donors (Lipinski definition) is 6. The quantitative estimate of drug-likeness (QED) is 0.262. The van der Waals surface area contributed by atoms with Gasteiger partial charge in [0.05, 0.1) is 6.04 Å². The lowest BCUT2D eigenvalue weighted by molar-refractivity contribution is -0.143. The highest BCUT2D eigenvalue weighted by Gasteiger charge is 2.32. The van der Waals surface area contributed by atoms with Gasteiger partial charge < -0.3 is 31.9 Å². The van der Waals surface area contributed by atoms with E-state index in [1.807, 2.05) is 13.8 Å². The predicted octanol–water partition coefficient (Wildman–Crippen LogP) is 0.523. The fourth-order valence-corrected chi connectivity index (χ4v) is 3.12. The summed E-state index contributed by atoms with van der Waals surface area (Å²) in [6.07, 6.45) is 0.343. The lowest BCUT2D eigenvalue weighted by atomic mass is 9.99. The van der Waals surface area contributed by atoms with Gasteiger partial charge in [-0.05, 0) is 42.9 Å². The molecule has 0 spiro atoms. The number of rotatable bonds is 12. The van der Waals surface area contributed by atoms with Crippen LogP contribution in [0.15, 0.2) is 24.3 Å². The number of phenolic OH excluding ortho intramolecular Hbond substituents is 1. The van der Waals surface area contributed by atoms with Crippen molar-refractivity contribution in [2.24, 2.45) is 17.6 Å². The number of phenols is 1. The van der Waals surface area contributed by atoms with Crippen molar-refractivity contribution >= 4 is 23.7 Å². The van der Waals surface area contributed by atoms with Crippen molar-refractivity contribution in [2.75, 3.05) is 0 Å². The second kappa shape index (κ2) is 12.8. The summed E-state index contributed by atoms with van der Waals surface area (Å²) < 4.78 is 0.